The molecule has 1 atom stereocenters. The number of hydrogen-bond donors (Lipinski definition) is 2. The zero-order chi connectivity index (χ0) is 14.5. The van der Waals surface area contributed by atoms with Gasteiger partial charge in [-0.05, 0) is 30.2 Å². The van der Waals surface area contributed by atoms with E-state index in [1.807, 2.05) is 11.5 Å². The van der Waals surface area contributed by atoms with Crippen LogP contribution in [-0.4, -0.2) is 32.2 Å². The Hall–Kier alpha value is -1.44. The first kappa shape index (κ1) is 15.0. The number of aliphatic hydroxyl groups excluding tert-OH is 1. The quantitative estimate of drug-likeness (QED) is 0.792. The highest BCUT2D eigenvalue weighted by atomic mass is 32.2. The first-order chi connectivity index (χ1) is 9.65. The minimum Gasteiger partial charge on any atom is -0.396 e. The smallest absolute Gasteiger partial charge is 0.195 e. The lowest BCUT2D eigenvalue weighted by Crippen LogP contribution is -2.09. The van der Waals surface area contributed by atoms with E-state index in [1.165, 1.54) is 23.9 Å². The average Bonchev–Trinajstić information content (AvgIpc) is 2.88. The predicted octanol–water partition coefficient (Wildman–Crippen LogP) is 1.59. The Morgan fingerprint density at radius 2 is 2.05 bits per heavy atom. The fourth-order valence-corrected chi connectivity index (χ4v) is 2.62. The number of rotatable bonds is 6. The molecule has 5 nitrogen and oxygen atoms in total. The first-order valence-corrected chi connectivity index (χ1v) is 7.28. The lowest BCUT2D eigenvalue weighted by molar-refractivity contribution is 0.250. The monoisotopic (exact) mass is 296 g/mol. The fourth-order valence-electron chi connectivity index (χ4n) is 1.64. The molecule has 7 heteroatoms. The molecule has 0 amide bonds. The summed E-state index contributed by atoms with van der Waals surface area (Å²) in [6.45, 7) is 2.33. The number of aliphatic hydroxyl groups is 1. The summed E-state index contributed by atoms with van der Waals surface area (Å²) in [5.41, 5.74) is 6.44. The van der Waals surface area contributed by atoms with Gasteiger partial charge < -0.3 is 10.8 Å². The Balaban J connectivity index is 2.29. The van der Waals surface area contributed by atoms with Crippen molar-refractivity contribution >= 4 is 11.8 Å². The van der Waals surface area contributed by atoms with Crippen LogP contribution in [0.15, 0.2) is 29.4 Å². The Kier molecular flexibility index (Phi) is 5.11. The second kappa shape index (κ2) is 6.83. The van der Waals surface area contributed by atoms with Crippen molar-refractivity contribution in [3.8, 4) is 5.69 Å². The van der Waals surface area contributed by atoms with E-state index in [-0.39, 0.29) is 24.9 Å². The zero-order valence-corrected chi connectivity index (χ0v) is 12.0. The van der Waals surface area contributed by atoms with E-state index < -0.39 is 0 Å². The highest BCUT2D eigenvalue weighted by molar-refractivity contribution is 7.99. The third-order valence-corrected chi connectivity index (χ3v) is 4.03. The standard InChI is InChI=1S/C13H17FN4OS/c1-9(7-19)8-20-13-17-16-12(6-15)18(13)11-4-2-10(14)3-5-11/h2-5,9,19H,6-8,15H2,1H3. The van der Waals surface area contributed by atoms with Gasteiger partial charge in [0.25, 0.3) is 0 Å². The number of nitrogens with zero attached hydrogens (tertiary/aromatic N) is 3. The van der Waals surface area contributed by atoms with Crippen molar-refractivity contribution in [1.82, 2.24) is 14.8 Å². The van der Waals surface area contributed by atoms with Crippen molar-refractivity contribution in [3.05, 3.63) is 35.9 Å². The summed E-state index contributed by atoms with van der Waals surface area (Å²) < 4.78 is 14.8. The molecule has 0 saturated carbocycles. The van der Waals surface area contributed by atoms with Crippen LogP contribution in [0, 0.1) is 11.7 Å². The number of benzene rings is 1. The van der Waals surface area contributed by atoms with Gasteiger partial charge in [-0.3, -0.25) is 4.57 Å². The third-order valence-electron chi connectivity index (χ3n) is 2.78. The maximum Gasteiger partial charge on any atom is 0.195 e. The van der Waals surface area contributed by atoms with Crippen LogP contribution in [0.2, 0.25) is 0 Å². The van der Waals surface area contributed by atoms with Crippen LogP contribution in [-0.2, 0) is 6.54 Å². The molecule has 2 rings (SSSR count). The molecule has 0 aliphatic heterocycles. The molecule has 0 aliphatic carbocycles. The predicted molar refractivity (Wildman–Crippen MR) is 76.2 cm³/mol. The van der Waals surface area contributed by atoms with Crippen LogP contribution in [0.3, 0.4) is 0 Å². The van der Waals surface area contributed by atoms with E-state index in [9.17, 15) is 4.39 Å². The molecule has 108 valence electrons. The molecule has 1 heterocycles. The molecule has 0 bridgehead atoms. The molecular weight excluding hydrogens is 279 g/mol. The molecule has 0 saturated heterocycles. The summed E-state index contributed by atoms with van der Waals surface area (Å²) in [7, 11) is 0. The first-order valence-electron chi connectivity index (χ1n) is 6.29. The van der Waals surface area contributed by atoms with Gasteiger partial charge in [0.1, 0.15) is 5.82 Å². The van der Waals surface area contributed by atoms with Gasteiger partial charge in [-0.15, -0.1) is 10.2 Å². The van der Waals surface area contributed by atoms with Crippen molar-refractivity contribution < 1.29 is 9.50 Å². The molecule has 1 aromatic carbocycles. The molecule has 0 aliphatic rings. The van der Waals surface area contributed by atoms with E-state index in [1.54, 1.807) is 12.1 Å². The normalized spacial score (nSPS) is 12.6. The Morgan fingerprint density at radius 3 is 2.65 bits per heavy atom. The Morgan fingerprint density at radius 1 is 1.35 bits per heavy atom. The highest BCUT2D eigenvalue weighted by Gasteiger charge is 2.14. The van der Waals surface area contributed by atoms with Crippen molar-refractivity contribution in [2.75, 3.05) is 12.4 Å². The SMILES string of the molecule is CC(CO)CSc1nnc(CN)n1-c1ccc(F)cc1. The minimum absolute atomic E-state index is 0.126. The zero-order valence-electron chi connectivity index (χ0n) is 11.2. The molecule has 0 fully saturated rings. The number of hydrogen-bond acceptors (Lipinski definition) is 5. The summed E-state index contributed by atoms with van der Waals surface area (Å²) in [5.74, 6) is 1.22. The van der Waals surface area contributed by atoms with Gasteiger partial charge in [-0.1, -0.05) is 18.7 Å². The van der Waals surface area contributed by atoms with E-state index >= 15 is 0 Å². The summed E-state index contributed by atoms with van der Waals surface area (Å²) in [6.07, 6.45) is 0. The topological polar surface area (TPSA) is 77.0 Å². The summed E-state index contributed by atoms with van der Waals surface area (Å²) in [4.78, 5) is 0. The molecule has 3 N–H and O–H groups in total. The van der Waals surface area contributed by atoms with E-state index in [0.717, 1.165) is 11.4 Å². The number of aromatic nitrogens is 3. The minimum atomic E-state index is -0.292. The van der Waals surface area contributed by atoms with Crippen LogP contribution >= 0.6 is 11.8 Å². The van der Waals surface area contributed by atoms with Gasteiger partial charge >= 0.3 is 0 Å². The third kappa shape index (κ3) is 3.36. The molecule has 20 heavy (non-hydrogen) atoms. The van der Waals surface area contributed by atoms with Gasteiger partial charge in [0.15, 0.2) is 11.0 Å². The molecule has 0 radical (unpaired) electrons. The Labute approximate surface area is 121 Å². The van der Waals surface area contributed by atoms with Gasteiger partial charge in [0.2, 0.25) is 0 Å². The fraction of sp³-hybridized carbons (Fsp3) is 0.385. The van der Waals surface area contributed by atoms with Crippen LogP contribution in [0.25, 0.3) is 5.69 Å². The largest absolute Gasteiger partial charge is 0.396 e. The second-order valence-corrected chi connectivity index (χ2v) is 5.50. The maximum absolute atomic E-state index is 13.0. The van der Waals surface area contributed by atoms with E-state index in [4.69, 9.17) is 10.8 Å². The van der Waals surface area contributed by atoms with Crippen LogP contribution in [0.4, 0.5) is 4.39 Å². The van der Waals surface area contributed by atoms with Gasteiger partial charge in [-0.25, -0.2) is 4.39 Å². The molecule has 2 aromatic rings. The second-order valence-electron chi connectivity index (χ2n) is 4.51. The van der Waals surface area contributed by atoms with Crippen LogP contribution in [0.1, 0.15) is 12.7 Å². The van der Waals surface area contributed by atoms with Crippen molar-refractivity contribution in [1.29, 1.82) is 0 Å². The molecule has 1 aromatic heterocycles. The lowest BCUT2D eigenvalue weighted by Gasteiger charge is -2.10. The van der Waals surface area contributed by atoms with Crippen LogP contribution < -0.4 is 5.73 Å². The maximum atomic E-state index is 13.0. The molecular formula is C13H17FN4OS. The van der Waals surface area contributed by atoms with Crippen molar-refractivity contribution in [3.63, 3.8) is 0 Å². The van der Waals surface area contributed by atoms with Crippen molar-refractivity contribution in [2.45, 2.75) is 18.6 Å². The van der Waals surface area contributed by atoms with Gasteiger partial charge in [-0.2, -0.15) is 0 Å². The van der Waals surface area contributed by atoms with Gasteiger partial charge in [0.05, 0.1) is 6.54 Å². The number of thioether (sulfide) groups is 1. The number of halogens is 1. The summed E-state index contributed by atoms with van der Waals surface area (Å²) >= 11 is 1.50. The highest BCUT2D eigenvalue weighted by Crippen LogP contribution is 2.23. The van der Waals surface area contributed by atoms with Crippen molar-refractivity contribution in [2.24, 2.45) is 11.7 Å². The summed E-state index contributed by atoms with van der Waals surface area (Å²) in [6, 6.07) is 6.11. The Bertz CT molecular complexity index is 558. The lowest BCUT2D eigenvalue weighted by atomic mass is 10.2. The van der Waals surface area contributed by atoms with Gasteiger partial charge in [0, 0.05) is 18.0 Å². The number of nitrogens with two attached hydrogens (primary N) is 1. The average molecular weight is 296 g/mol. The molecule has 1 unspecified atom stereocenters. The summed E-state index contributed by atoms with van der Waals surface area (Å²) in [5, 5.41) is 17.9. The van der Waals surface area contributed by atoms with E-state index in [2.05, 4.69) is 10.2 Å². The van der Waals surface area contributed by atoms with Crippen LogP contribution in [0.5, 0.6) is 0 Å². The molecule has 0 spiro atoms. The van der Waals surface area contributed by atoms with E-state index in [0.29, 0.717) is 11.0 Å².